The molecule has 1 aromatic rings. The molecule has 0 aliphatic heterocycles. The summed E-state index contributed by atoms with van der Waals surface area (Å²) < 4.78 is 33.9. The Balaban J connectivity index is 2.55. The minimum absolute atomic E-state index is 0.0935. The van der Waals surface area contributed by atoms with Crippen molar-refractivity contribution in [3.8, 4) is 5.88 Å². The van der Waals surface area contributed by atoms with Gasteiger partial charge in [0.1, 0.15) is 0 Å². The van der Waals surface area contributed by atoms with E-state index in [4.69, 9.17) is 4.74 Å². The molecule has 1 fully saturated rings. The maximum Gasteiger partial charge on any atom is 0.337 e. The molecule has 0 amide bonds. The number of aromatic carboxylic acids is 1. The highest BCUT2D eigenvalue weighted by molar-refractivity contribution is 5.89. The summed E-state index contributed by atoms with van der Waals surface area (Å²) in [6.45, 7) is 3.58. The Kier molecular flexibility index (Phi) is 3.98. The molecule has 1 aliphatic rings. The van der Waals surface area contributed by atoms with Crippen molar-refractivity contribution in [2.75, 3.05) is 6.61 Å². The van der Waals surface area contributed by atoms with Crippen molar-refractivity contribution < 1.29 is 23.4 Å². The lowest BCUT2D eigenvalue weighted by molar-refractivity contribution is 0.00939. The van der Waals surface area contributed by atoms with Crippen LogP contribution in [0.15, 0.2) is 24.3 Å². The summed E-state index contributed by atoms with van der Waals surface area (Å²) in [4.78, 5) is 15.4. The molecular weight excluding hydrogens is 280 g/mol. The van der Waals surface area contributed by atoms with Crippen LogP contribution in [-0.4, -0.2) is 28.6 Å². The molecule has 1 aliphatic carbocycles. The van der Waals surface area contributed by atoms with Crippen molar-refractivity contribution in [3.05, 3.63) is 35.5 Å². The van der Waals surface area contributed by atoms with Gasteiger partial charge < -0.3 is 9.84 Å². The van der Waals surface area contributed by atoms with Crippen LogP contribution in [0, 0.1) is 0 Å². The molecule has 0 radical (unpaired) electrons. The fourth-order valence-electron chi connectivity index (χ4n) is 2.43. The molecule has 1 aromatic heterocycles. The van der Waals surface area contributed by atoms with Crippen LogP contribution in [0.4, 0.5) is 8.78 Å². The van der Waals surface area contributed by atoms with Gasteiger partial charge in [-0.2, -0.15) is 0 Å². The second-order valence-electron chi connectivity index (χ2n) is 4.99. The first-order valence-corrected chi connectivity index (χ1v) is 6.77. The molecule has 0 bridgehead atoms. The van der Waals surface area contributed by atoms with Gasteiger partial charge in [-0.1, -0.05) is 6.08 Å². The van der Waals surface area contributed by atoms with Gasteiger partial charge in [-0.3, -0.25) is 0 Å². The van der Waals surface area contributed by atoms with Crippen LogP contribution in [0.1, 0.15) is 42.7 Å². The first-order valence-electron chi connectivity index (χ1n) is 6.77. The first-order chi connectivity index (χ1) is 9.88. The van der Waals surface area contributed by atoms with Gasteiger partial charge in [0, 0.05) is 6.07 Å². The molecule has 2 rings (SSSR count). The van der Waals surface area contributed by atoms with Crippen LogP contribution in [0.3, 0.4) is 0 Å². The molecule has 0 unspecified atom stereocenters. The number of nitrogens with zero attached hydrogens (tertiary/aromatic N) is 1. The molecule has 0 saturated heterocycles. The number of halogens is 2. The second kappa shape index (κ2) is 5.42. The molecule has 4 nitrogen and oxygen atoms in total. The summed E-state index contributed by atoms with van der Waals surface area (Å²) in [6.07, 6.45) is 2.48. The number of aromatic nitrogens is 1. The third-order valence-corrected chi connectivity index (χ3v) is 3.61. The third-order valence-electron chi connectivity index (χ3n) is 3.61. The summed E-state index contributed by atoms with van der Waals surface area (Å²) in [5, 5.41) is 9.23. The van der Waals surface area contributed by atoms with Crippen LogP contribution >= 0.6 is 0 Å². The lowest BCUT2D eigenvalue weighted by Gasteiger charge is -2.25. The Morgan fingerprint density at radius 1 is 1.52 bits per heavy atom. The zero-order valence-electron chi connectivity index (χ0n) is 11.9. The first kappa shape index (κ1) is 15.4. The number of hydrogen-bond acceptors (Lipinski definition) is 3. The molecule has 114 valence electrons. The Morgan fingerprint density at radius 3 is 2.67 bits per heavy atom. The van der Waals surface area contributed by atoms with Crippen LogP contribution in [0.5, 0.6) is 5.88 Å². The van der Waals surface area contributed by atoms with E-state index in [9.17, 15) is 18.7 Å². The molecule has 0 aromatic carbocycles. The summed E-state index contributed by atoms with van der Waals surface area (Å²) in [7, 11) is 0. The van der Waals surface area contributed by atoms with E-state index >= 15 is 0 Å². The SMILES string of the molecule is C/C=C/C(F)(F)C1(c2nc(OCC)ccc2C(=O)O)CC1. The molecule has 1 saturated carbocycles. The average Bonchev–Trinajstić information content (AvgIpc) is 3.20. The topological polar surface area (TPSA) is 59.4 Å². The van der Waals surface area contributed by atoms with E-state index in [1.807, 2.05) is 0 Å². The number of ether oxygens (including phenoxy) is 1. The van der Waals surface area contributed by atoms with E-state index in [2.05, 4.69) is 4.98 Å². The van der Waals surface area contributed by atoms with E-state index in [1.165, 1.54) is 25.1 Å². The molecule has 0 atom stereocenters. The van der Waals surface area contributed by atoms with Gasteiger partial charge in [0.15, 0.2) is 0 Å². The highest BCUT2D eigenvalue weighted by atomic mass is 19.3. The Labute approximate surface area is 121 Å². The maximum atomic E-state index is 14.4. The van der Waals surface area contributed by atoms with Gasteiger partial charge in [-0.25, -0.2) is 18.6 Å². The minimum Gasteiger partial charge on any atom is -0.478 e. The van der Waals surface area contributed by atoms with E-state index in [-0.39, 0.29) is 30.0 Å². The minimum atomic E-state index is -3.14. The number of allylic oxidation sites excluding steroid dienone is 2. The van der Waals surface area contributed by atoms with Gasteiger partial charge >= 0.3 is 5.97 Å². The van der Waals surface area contributed by atoms with E-state index in [0.717, 1.165) is 6.08 Å². The number of rotatable bonds is 6. The highest BCUT2D eigenvalue weighted by Gasteiger charge is 2.63. The van der Waals surface area contributed by atoms with Gasteiger partial charge in [0.2, 0.25) is 5.88 Å². The van der Waals surface area contributed by atoms with Gasteiger partial charge in [0.05, 0.1) is 23.3 Å². The zero-order valence-corrected chi connectivity index (χ0v) is 11.9. The molecule has 6 heteroatoms. The van der Waals surface area contributed by atoms with Crippen molar-refractivity contribution in [3.63, 3.8) is 0 Å². The quantitative estimate of drug-likeness (QED) is 0.817. The third kappa shape index (κ3) is 2.62. The molecular formula is C15H17F2NO3. The average molecular weight is 297 g/mol. The van der Waals surface area contributed by atoms with Gasteiger partial charge in [-0.15, -0.1) is 0 Å². The summed E-state index contributed by atoms with van der Waals surface area (Å²) in [5.74, 6) is -4.23. The standard InChI is InChI=1S/C15H17F2NO3/c1-3-7-15(16,17)14(8-9-14)12-10(13(19)20)5-6-11(18-12)21-4-2/h3,5-7H,4,8-9H2,1-2H3,(H,19,20)/b7-3+. The summed E-state index contributed by atoms with van der Waals surface area (Å²) in [5.41, 5.74) is -1.83. The summed E-state index contributed by atoms with van der Waals surface area (Å²) >= 11 is 0. The smallest absolute Gasteiger partial charge is 0.337 e. The number of alkyl halides is 2. The van der Waals surface area contributed by atoms with E-state index in [0.29, 0.717) is 6.61 Å². The van der Waals surface area contributed by atoms with E-state index < -0.39 is 17.3 Å². The van der Waals surface area contributed by atoms with Crippen molar-refractivity contribution in [1.29, 1.82) is 0 Å². The van der Waals surface area contributed by atoms with E-state index in [1.54, 1.807) is 6.92 Å². The number of carbonyl (C=O) groups is 1. The largest absolute Gasteiger partial charge is 0.478 e. The number of carboxylic acid groups (broad SMARTS) is 1. The van der Waals surface area contributed by atoms with Gasteiger partial charge in [0.25, 0.3) is 5.92 Å². The fourth-order valence-corrected chi connectivity index (χ4v) is 2.43. The lowest BCUT2D eigenvalue weighted by Crippen LogP contribution is -2.34. The monoisotopic (exact) mass is 297 g/mol. The molecule has 1 N–H and O–H groups in total. The van der Waals surface area contributed by atoms with Crippen molar-refractivity contribution >= 4 is 5.97 Å². The van der Waals surface area contributed by atoms with Crippen molar-refractivity contribution in [2.24, 2.45) is 0 Å². The lowest BCUT2D eigenvalue weighted by atomic mass is 9.89. The Hall–Kier alpha value is -1.98. The predicted molar refractivity (Wildman–Crippen MR) is 73.0 cm³/mol. The van der Waals surface area contributed by atoms with Crippen molar-refractivity contribution in [2.45, 2.75) is 38.0 Å². The van der Waals surface area contributed by atoms with Crippen LogP contribution in [-0.2, 0) is 5.41 Å². The molecule has 21 heavy (non-hydrogen) atoms. The Morgan fingerprint density at radius 2 is 2.19 bits per heavy atom. The predicted octanol–water partition coefficient (Wildman–Crippen LogP) is 3.42. The fraction of sp³-hybridized carbons (Fsp3) is 0.467. The highest BCUT2D eigenvalue weighted by Crippen LogP contribution is 2.59. The second-order valence-corrected chi connectivity index (χ2v) is 4.99. The van der Waals surface area contributed by atoms with Crippen molar-refractivity contribution in [1.82, 2.24) is 4.98 Å². The number of hydrogen-bond donors (Lipinski definition) is 1. The van der Waals surface area contributed by atoms with Crippen LogP contribution in [0.25, 0.3) is 0 Å². The number of pyridine rings is 1. The maximum absolute atomic E-state index is 14.4. The van der Waals surface area contributed by atoms with Gasteiger partial charge in [-0.05, 0) is 38.8 Å². The normalized spacial score (nSPS) is 17.0. The molecule has 1 heterocycles. The zero-order chi connectivity index (χ0) is 15.7. The summed E-state index contributed by atoms with van der Waals surface area (Å²) in [6, 6.07) is 2.67. The van der Waals surface area contributed by atoms with Crippen LogP contribution < -0.4 is 4.74 Å². The Bertz CT molecular complexity index is 580. The van der Waals surface area contributed by atoms with Crippen LogP contribution in [0.2, 0.25) is 0 Å². The molecule has 0 spiro atoms. The number of carboxylic acids is 1.